The van der Waals surface area contributed by atoms with E-state index in [-0.39, 0.29) is 0 Å². The molecule has 1 aromatic rings. The summed E-state index contributed by atoms with van der Waals surface area (Å²) >= 11 is 0. The van der Waals surface area contributed by atoms with E-state index in [0.717, 1.165) is 17.6 Å². The summed E-state index contributed by atoms with van der Waals surface area (Å²) in [5, 5.41) is 3.50. The van der Waals surface area contributed by atoms with Gasteiger partial charge in [-0.15, -0.1) is 0 Å². The highest BCUT2D eigenvalue weighted by Crippen LogP contribution is 2.26. The van der Waals surface area contributed by atoms with Crippen molar-refractivity contribution in [3.63, 3.8) is 0 Å². The van der Waals surface area contributed by atoms with Gasteiger partial charge in [-0.25, -0.2) is 4.98 Å². The van der Waals surface area contributed by atoms with E-state index in [0.29, 0.717) is 11.9 Å². The first-order chi connectivity index (χ1) is 8.17. The molecule has 0 saturated heterocycles. The molecule has 0 radical (unpaired) electrons. The lowest BCUT2D eigenvalue weighted by molar-refractivity contribution is 0.357. The third kappa shape index (κ3) is 3.32. The molecule has 1 saturated carbocycles. The molecular weight excluding hydrogens is 214 g/mol. The van der Waals surface area contributed by atoms with Gasteiger partial charge in [-0.2, -0.15) is 4.98 Å². The molecule has 1 N–H and O–H groups in total. The van der Waals surface area contributed by atoms with E-state index >= 15 is 0 Å². The molecule has 4 heteroatoms. The zero-order valence-electron chi connectivity index (χ0n) is 10.9. The Balaban J connectivity index is 2.04. The third-order valence-electron chi connectivity index (χ3n) is 3.31. The summed E-state index contributed by atoms with van der Waals surface area (Å²) < 4.78 is 5.15. The van der Waals surface area contributed by atoms with Crippen molar-refractivity contribution in [3.8, 4) is 5.88 Å². The summed E-state index contributed by atoms with van der Waals surface area (Å²) in [6.07, 6.45) is 5.12. The van der Waals surface area contributed by atoms with E-state index < -0.39 is 0 Å². The lowest BCUT2D eigenvalue weighted by atomic mass is 9.87. The second-order valence-electron chi connectivity index (χ2n) is 4.96. The van der Waals surface area contributed by atoms with Gasteiger partial charge in [-0.05, 0) is 25.7 Å². The summed E-state index contributed by atoms with van der Waals surface area (Å²) in [5.74, 6) is 3.07. The van der Waals surface area contributed by atoms with Crippen LogP contribution in [0.25, 0.3) is 0 Å². The Morgan fingerprint density at radius 1 is 1.35 bits per heavy atom. The Morgan fingerprint density at radius 2 is 2.18 bits per heavy atom. The van der Waals surface area contributed by atoms with Crippen LogP contribution in [0.4, 0.5) is 5.82 Å². The standard InChI is InChI=1S/C13H21N3O/c1-9-5-4-6-11(7-9)16-12-8-13(17-3)15-10(2)14-12/h8-9,11H,4-7H2,1-3H3,(H,14,15,16). The molecule has 2 unspecified atom stereocenters. The van der Waals surface area contributed by atoms with Gasteiger partial charge in [0.1, 0.15) is 11.6 Å². The van der Waals surface area contributed by atoms with Crippen LogP contribution in [0, 0.1) is 12.8 Å². The highest BCUT2D eigenvalue weighted by atomic mass is 16.5. The van der Waals surface area contributed by atoms with Crippen molar-refractivity contribution < 1.29 is 4.74 Å². The van der Waals surface area contributed by atoms with Crippen LogP contribution >= 0.6 is 0 Å². The molecular formula is C13H21N3O. The first-order valence-electron chi connectivity index (χ1n) is 6.33. The summed E-state index contributed by atoms with van der Waals surface area (Å²) in [4.78, 5) is 8.59. The minimum absolute atomic E-state index is 0.540. The molecule has 2 atom stereocenters. The van der Waals surface area contributed by atoms with Gasteiger partial charge >= 0.3 is 0 Å². The first-order valence-corrected chi connectivity index (χ1v) is 6.33. The molecule has 2 rings (SSSR count). The van der Waals surface area contributed by atoms with Crippen molar-refractivity contribution in [2.45, 2.75) is 45.6 Å². The predicted molar refractivity (Wildman–Crippen MR) is 68.4 cm³/mol. The highest BCUT2D eigenvalue weighted by Gasteiger charge is 2.19. The molecule has 17 heavy (non-hydrogen) atoms. The topological polar surface area (TPSA) is 47.0 Å². The molecule has 4 nitrogen and oxygen atoms in total. The number of rotatable bonds is 3. The fourth-order valence-electron chi connectivity index (χ4n) is 2.49. The van der Waals surface area contributed by atoms with Gasteiger partial charge in [0.15, 0.2) is 0 Å². The second-order valence-corrected chi connectivity index (χ2v) is 4.96. The molecule has 1 aliphatic carbocycles. The van der Waals surface area contributed by atoms with Gasteiger partial charge in [0, 0.05) is 12.1 Å². The lowest BCUT2D eigenvalue weighted by Gasteiger charge is -2.27. The van der Waals surface area contributed by atoms with Crippen LogP contribution in [0.1, 0.15) is 38.4 Å². The maximum atomic E-state index is 5.15. The van der Waals surface area contributed by atoms with Gasteiger partial charge in [0.05, 0.1) is 7.11 Å². The van der Waals surface area contributed by atoms with Crippen molar-refractivity contribution >= 4 is 5.82 Å². The molecule has 1 fully saturated rings. The normalized spacial score (nSPS) is 24.4. The molecule has 0 spiro atoms. The maximum absolute atomic E-state index is 5.15. The van der Waals surface area contributed by atoms with Crippen molar-refractivity contribution in [2.75, 3.05) is 12.4 Å². The molecule has 1 aliphatic rings. The lowest BCUT2D eigenvalue weighted by Crippen LogP contribution is -2.26. The van der Waals surface area contributed by atoms with Crippen LogP contribution in [-0.2, 0) is 0 Å². The molecule has 94 valence electrons. The van der Waals surface area contributed by atoms with E-state index in [2.05, 4.69) is 22.2 Å². The number of ether oxygens (including phenoxy) is 1. The Hall–Kier alpha value is -1.32. The predicted octanol–water partition coefficient (Wildman–Crippen LogP) is 2.78. The van der Waals surface area contributed by atoms with Crippen LogP contribution < -0.4 is 10.1 Å². The van der Waals surface area contributed by atoms with Gasteiger partial charge in [-0.1, -0.05) is 19.8 Å². The summed E-state index contributed by atoms with van der Waals surface area (Å²) in [6.45, 7) is 4.21. The maximum Gasteiger partial charge on any atom is 0.218 e. The van der Waals surface area contributed by atoms with Gasteiger partial charge in [0.2, 0.25) is 5.88 Å². The van der Waals surface area contributed by atoms with Crippen LogP contribution in [-0.4, -0.2) is 23.1 Å². The summed E-state index contributed by atoms with van der Waals surface area (Å²) in [5.41, 5.74) is 0. The average Bonchev–Trinajstić information content (AvgIpc) is 2.28. The third-order valence-corrected chi connectivity index (χ3v) is 3.31. The second kappa shape index (κ2) is 5.34. The van der Waals surface area contributed by atoms with E-state index in [4.69, 9.17) is 4.74 Å². The van der Waals surface area contributed by atoms with Crippen molar-refractivity contribution in [1.82, 2.24) is 9.97 Å². The van der Waals surface area contributed by atoms with Crippen molar-refractivity contribution in [2.24, 2.45) is 5.92 Å². The zero-order valence-corrected chi connectivity index (χ0v) is 10.9. The van der Waals surface area contributed by atoms with Gasteiger partial charge in [-0.3, -0.25) is 0 Å². The fraction of sp³-hybridized carbons (Fsp3) is 0.692. The Labute approximate surface area is 103 Å². The fourth-order valence-corrected chi connectivity index (χ4v) is 2.49. The Morgan fingerprint density at radius 3 is 2.88 bits per heavy atom. The van der Waals surface area contributed by atoms with Crippen LogP contribution in [0.5, 0.6) is 5.88 Å². The van der Waals surface area contributed by atoms with Crippen LogP contribution in [0.15, 0.2) is 6.07 Å². The van der Waals surface area contributed by atoms with E-state index in [1.54, 1.807) is 7.11 Å². The molecule has 1 heterocycles. The van der Waals surface area contributed by atoms with Crippen LogP contribution in [0.3, 0.4) is 0 Å². The number of hydrogen-bond acceptors (Lipinski definition) is 4. The number of aromatic nitrogens is 2. The monoisotopic (exact) mass is 235 g/mol. The van der Waals surface area contributed by atoms with Crippen molar-refractivity contribution in [1.29, 1.82) is 0 Å². The smallest absolute Gasteiger partial charge is 0.218 e. The van der Waals surface area contributed by atoms with E-state index in [1.807, 2.05) is 13.0 Å². The largest absolute Gasteiger partial charge is 0.481 e. The number of methoxy groups -OCH3 is 1. The average molecular weight is 235 g/mol. The minimum Gasteiger partial charge on any atom is -0.481 e. The quantitative estimate of drug-likeness (QED) is 0.875. The minimum atomic E-state index is 0.540. The zero-order chi connectivity index (χ0) is 12.3. The SMILES string of the molecule is COc1cc(NC2CCCC(C)C2)nc(C)n1. The van der Waals surface area contributed by atoms with E-state index in [1.165, 1.54) is 25.7 Å². The molecule has 0 amide bonds. The first kappa shape index (κ1) is 12.1. The van der Waals surface area contributed by atoms with E-state index in [9.17, 15) is 0 Å². The summed E-state index contributed by atoms with van der Waals surface area (Å²) in [7, 11) is 1.63. The molecule has 0 aromatic carbocycles. The van der Waals surface area contributed by atoms with Gasteiger partial charge < -0.3 is 10.1 Å². The van der Waals surface area contributed by atoms with Gasteiger partial charge in [0.25, 0.3) is 0 Å². The van der Waals surface area contributed by atoms with Crippen molar-refractivity contribution in [3.05, 3.63) is 11.9 Å². The number of aryl methyl sites for hydroxylation is 1. The highest BCUT2D eigenvalue weighted by molar-refractivity contribution is 5.39. The Kier molecular flexibility index (Phi) is 3.82. The molecule has 1 aromatic heterocycles. The molecule has 0 bridgehead atoms. The number of nitrogens with one attached hydrogen (secondary N) is 1. The van der Waals surface area contributed by atoms with Crippen LogP contribution in [0.2, 0.25) is 0 Å². The number of hydrogen-bond donors (Lipinski definition) is 1. The number of nitrogens with zero attached hydrogens (tertiary/aromatic N) is 2. The Bertz CT molecular complexity index is 381. The molecule has 0 aliphatic heterocycles. The number of anilines is 1. The summed E-state index contributed by atoms with van der Waals surface area (Å²) in [6, 6.07) is 2.41.